The third-order valence-electron chi connectivity index (χ3n) is 3.53. The molecule has 0 saturated carbocycles. The standard InChI is InChI=1S/C14H21N3O2S/c1-11(2)14(3,10-16)17-20(18,19)9-13-6-4-12(8-15)5-7-13/h4-7,11,17H,9-10,16H2,1-3H3. The zero-order valence-electron chi connectivity index (χ0n) is 12.1. The Morgan fingerprint density at radius 1 is 1.35 bits per heavy atom. The second-order valence-electron chi connectivity index (χ2n) is 5.45. The molecule has 0 bridgehead atoms. The average Bonchev–Trinajstić information content (AvgIpc) is 2.38. The Kier molecular flexibility index (Phi) is 5.28. The van der Waals surface area contributed by atoms with Crippen LogP contribution in [-0.4, -0.2) is 20.5 Å². The van der Waals surface area contributed by atoms with Crippen LogP contribution >= 0.6 is 0 Å². The molecule has 0 aromatic heterocycles. The van der Waals surface area contributed by atoms with Crippen LogP contribution in [-0.2, 0) is 15.8 Å². The highest BCUT2D eigenvalue weighted by atomic mass is 32.2. The van der Waals surface area contributed by atoms with Crippen molar-refractivity contribution in [3.8, 4) is 6.07 Å². The fourth-order valence-corrected chi connectivity index (χ4v) is 3.41. The lowest BCUT2D eigenvalue weighted by Crippen LogP contribution is -2.55. The summed E-state index contributed by atoms with van der Waals surface area (Å²) in [5.41, 5.74) is 6.17. The molecule has 110 valence electrons. The molecule has 0 radical (unpaired) electrons. The van der Waals surface area contributed by atoms with Crippen LogP contribution < -0.4 is 10.5 Å². The van der Waals surface area contributed by atoms with E-state index in [4.69, 9.17) is 11.0 Å². The number of sulfonamides is 1. The molecule has 0 amide bonds. The third kappa shape index (κ3) is 4.30. The summed E-state index contributed by atoms with van der Waals surface area (Å²) >= 11 is 0. The maximum absolute atomic E-state index is 12.2. The normalized spacial score (nSPS) is 14.8. The van der Waals surface area contributed by atoms with Gasteiger partial charge in [-0.1, -0.05) is 26.0 Å². The van der Waals surface area contributed by atoms with Crippen molar-refractivity contribution in [1.82, 2.24) is 4.72 Å². The van der Waals surface area contributed by atoms with Crippen LogP contribution in [0.15, 0.2) is 24.3 Å². The Bertz CT molecular complexity index is 588. The van der Waals surface area contributed by atoms with E-state index in [9.17, 15) is 8.42 Å². The molecule has 6 heteroatoms. The van der Waals surface area contributed by atoms with Crippen molar-refractivity contribution in [2.45, 2.75) is 32.1 Å². The monoisotopic (exact) mass is 295 g/mol. The molecular weight excluding hydrogens is 274 g/mol. The SMILES string of the molecule is CC(C)C(C)(CN)NS(=O)(=O)Cc1ccc(C#N)cc1. The fourth-order valence-electron chi connectivity index (χ4n) is 1.68. The highest BCUT2D eigenvalue weighted by Gasteiger charge is 2.31. The summed E-state index contributed by atoms with van der Waals surface area (Å²) in [7, 11) is -3.48. The summed E-state index contributed by atoms with van der Waals surface area (Å²) in [4.78, 5) is 0. The number of hydrogen-bond acceptors (Lipinski definition) is 4. The number of benzene rings is 1. The largest absolute Gasteiger partial charge is 0.329 e. The van der Waals surface area contributed by atoms with Crippen molar-refractivity contribution in [1.29, 1.82) is 5.26 Å². The molecule has 1 aromatic carbocycles. The first-order valence-electron chi connectivity index (χ1n) is 6.43. The van der Waals surface area contributed by atoms with Gasteiger partial charge in [-0.2, -0.15) is 5.26 Å². The van der Waals surface area contributed by atoms with Gasteiger partial charge in [0, 0.05) is 12.1 Å². The van der Waals surface area contributed by atoms with Crippen molar-refractivity contribution in [2.75, 3.05) is 6.54 Å². The van der Waals surface area contributed by atoms with Gasteiger partial charge in [-0.15, -0.1) is 0 Å². The molecule has 0 aliphatic rings. The Balaban J connectivity index is 2.87. The predicted octanol–water partition coefficient (Wildman–Crippen LogP) is 1.35. The van der Waals surface area contributed by atoms with Crippen molar-refractivity contribution in [3.63, 3.8) is 0 Å². The first-order valence-corrected chi connectivity index (χ1v) is 8.08. The summed E-state index contributed by atoms with van der Waals surface area (Å²) in [6, 6.07) is 8.50. The summed E-state index contributed by atoms with van der Waals surface area (Å²) < 4.78 is 27.1. The predicted molar refractivity (Wildman–Crippen MR) is 79.2 cm³/mol. The first-order chi connectivity index (χ1) is 9.22. The van der Waals surface area contributed by atoms with Crippen molar-refractivity contribution in [3.05, 3.63) is 35.4 Å². The molecule has 1 aromatic rings. The van der Waals surface area contributed by atoms with E-state index in [1.165, 1.54) is 0 Å². The minimum Gasteiger partial charge on any atom is -0.329 e. The van der Waals surface area contributed by atoms with E-state index in [2.05, 4.69) is 4.72 Å². The molecule has 1 unspecified atom stereocenters. The molecule has 0 aliphatic heterocycles. The first kappa shape index (κ1) is 16.6. The van der Waals surface area contributed by atoms with E-state index in [0.29, 0.717) is 11.1 Å². The van der Waals surface area contributed by atoms with Gasteiger partial charge in [0.25, 0.3) is 0 Å². The number of nitrogens with two attached hydrogens (primary N) is 1. The van der Waals surface area contributed by atoms with E-state index in [-0.39, 0.29) is 18.2 Å². The van der Waals surface area contributed by atoms with Crippen LogP contribution in [0.5, 0.6) is 0 Å². The van der Waals surface area contributed by atoms with E-state index in [1.807, 2.05) is 19.9 Å². The highest BCUT2D eigenvalue weighted by molar-refractivity contribution is 7.88. The molecule has 0 saturated heterocycles. The van der Waals surface area contributed by atoms with Gasteiger partial charge in [-0.25, -0.2) is 13.1 Å². The second-order valence-corrected chi connectivity index (χ2v) is 7.17. The Hall–Kier alpha value is -1.42. The van der Waals surface area contributed by atoms with Gasteiger partial charge in [-0.3, -0.25) is 0 Å². The molecule has 0 aliphatic carbocycles. The van der Waals surface area contributed by atoms with Gasteiger partial charge in [-0.05, 0) is 30.5 Å². The van der Waals surface area contributed by atoms with Gasteiger partial charge in [0.1, 0.15) is 0 Å². The van der Waals surface area contributed by atoms with Crippen LogP contribution in [0.3, 0.4) is 0 Å². The summed E-state index contributed by atoms with van der Waals surface area (Å²) in [6.07, 6.45) is 0. The summed E-state index contributed by atoms with van der Waals surface area (Å²) in [6.45, 7) is 5.89. The van der Waals surface area contributed by atoms with Gasteiger partial charge >= 0.3 is 0 Å². The minimum absolute atomic E-state index is 0.0863. The van der Waals surface area contributed by atoms with Crippen LogP contribution in [0, 0.1) is 17.2 Å². The van der Waals surface area contributed by atoms with E-state index in [0.717, 1.165) is 0 Å². The van der Waals surface area contributed by atoms with Crippen LogP contribution in [0.1, 0.15) is 31.9 Å². The molecule has 3 N–H and O–H groups in total. The molecule has 20 heavy (non-hydrogen) atoms. The number of nitrogens with zero attached hydrogens (tertiary/aromatic N) is 1. The molecule has 1 atom stereocenters. The van der Waals surface area contributed by atoms with Gasteiger partial charge in [0.2, 0.25) is 10.0 Å². The lowest BCUT2D eigenvalue weighted by atomic mass is 9.90. The summed E-state index contributed by atoms with van der Waals surface area (Å²) in [5.74, 6) is -0.0377. The summed E-state index contributed by atoms with van der Waals surface area (Å²) in [5, 5.41) is 8.71. The van der Waals surface area contributed by atoms with Gasteiger partial charge in [0.05, 0.1) is 17.4 Å². The lowest BCUT2D eigenvalue weighted by Gasteiger charge is -2.33. The van der Waals surface area contributed by atoms with Gasteiger partial charge in [0.15, 0.2) is 0 Å². The van der Waals surface area contributed by atoms with Crippen LogP contribution in [0.4, 0.5) is 0 Å². The molecule has 1 rings (SSSR count). The Morgan fingerprint density at radius 2 is 1.90 bits per heavy atom. The van der Waals surface area contributed by atoms with Crippen molar-refractivity contribution >= 4 is 10.0 Å². The molecule has 5 nitrogen and oxygen atoms in total. The molecule has 0 heterocycles. The molecule has 0 fully saturated rings. The maximum atomic E-state index is 12.2. The van der Waals surface area contributed by atoms with Crippen molar-refractivity contribution in [2.24, 2.45) is 11.7 Å². The van der Waals surface area contributed by atoms with Gasteiger partial charge < -0.3 is 5.73 Å². The molecular formula is C14H21N3O2S. The number of nitriles is 1. The number of rotatable bonds is 6. The van der Waals surface area contributed by atoms with E-state index in [1.54, 1.807) is 31.2 Å². The highest BCUT2D eigenvalue weighted by Crippen LogP contribution is 2.17. The Morgan fingerprint density at radius 3 is 2.30 bits per heavy atom. The quantitative estimate of drug-likeness (QED) is 0.828. The maximum Gasteiger partial charge on any atom is 0.216 e. The minimum atomic E-state index is -3.48. The van der Waals surface area contributed by atoms with E-state index >= 15 is 0 Å². The van der Waals surface area contributed by atoms with E-state index < -0.39 is 15.6 Å². The lowest BCUT2D eigenvalue weighted by molar-refractivity contribution is 0.314. The smallest absolute Gasteiger partial charge is 0.216 e. The zero-order chi connectivity index (χ0) is 15.4. The fraction of sp³-hybridized carbons (Fsp3) is 0.500. The molecule has 0 spiro atoms. The number of nitrogens with one attached hydrogen (secondary N) is 1. The average molecular weight is 295 g/mol. The van der Waals surface area contributed by atoms with Crippen LogP contribution in [0.2, 0.25) is 0 Å². The second kappa shape index (κ2) is 6.35. The zero-order valence-corrected chi connectivity index (χ0v) is 12.9. The van der Waals surface area contributed by atoms with Crippen LogP contribution in [0.25, 0.3) is 0 Å². The number of hydrogen-bond donors (Lipinski definition) is 2. The van der Waals surface area contributed by atoms with Crippen molar-refractivity contribution < 1.29 is 8.42 Å². The topological polar surface area (TPSA) is 96.0 Å². The Labute approximate surface area is 120 Å². The third-order valence-corrected chi connectivity index (χ3v) is 5.02.